The molecule has 0 radical (unpaired) electrons. The summed E-state index contributed by atoms with van der Waals surface area (Å²) in [6.45, 7) is 2.04. The topological polar surface area (TPSA) is 29.1 Å². The normalized spacial score (nSPS) is 15.8. The summed E-state index contributed by atoms with van der Waals surface area (Å²) >= 11 is 0. The van der Waals surface area contributed by atoms with Crippen LogP contribution in [0.3, 0.4) is 0 Å². The first kappa shape index (κ1) is 10.2. The van der Waals surface area contributed by atoms with Gasteiger partial charge in [0, 0.05) is 12.1 Å². The Morgan fingerprint density at radius 1 is 1.33 bits per heavy atom. The Morgan fingerprint density at radius 3 is 2.53 bits per heavy atom. The zero-order valence-electron chi connectivity index (χ0n) is 9.12. The fraction of sp³-hybridized carbons (Fsp3) is 0.462. The van der Waals surface area contributed by atoms with Crippen LogP contribution in [-0.4, -0.2) is 5.91 Å². The summed E-state index contributed by atoms with van der Waals surface area (Å²) < 4.78 is 0. The van der Waals surface area contributed by atoms with Crippen LogP contribution in [0.2, 0.25) is 0 Å². The molecule has 15 heavy (non-hydrogen) atoms. The summed E-state index contributed by atoms with van der Waals surface area (Å²) in [5.41, 5.74) is 2.12. The molecule has 1 aromatic rings. The van der Waals surface area contributed by atoms with Gasteiger partial charge in [0.2, 0.25) is 5.91 Å². The van der Waals surface area contributed by atoms with Crippen LogP contribution in [0.25, 0.3) is 0 Å². The van der Waals surface area contributed by atoms with Crippen LogP contribution in [0.15, 0.2) is 24.3 Å². The maximum Gasteiger partial charge on any atom is 0.224 e. The Bertz CT molecular complexity index is 338. The van der Waals surface area contributed by atoms with E-state index < -0.39 is 0 Å². The van der Waals surface area contributed by atoms with Gasteiger partial charge in [-0.05, 0) is 37.8 Å². The van der Waals surface area contributed by atoms with Crippen LogP contribution >= 0.6 is 0 Å². The average molecular weight is 203 g/mol. The molecule has 0 bridgehead atoms. The quantitative estimate of drug-likeness (QED) is 0.803. The van der Waals surface area contributed by atoms with Gasteiger partial charge >= 0.3 is 0 Å². The highest BCUT2D eigenvalue weighted by Gasteiger charge is 2.20. The Balaban J connectivity index is 1.84. The van der Waals surface area contributed by atoms with Crippen LogP contribution in [0.1, 0.15) is 31.2 Å². The minimum Gasteiger partial charge on any atom is -0.326 e. The van der Waals surface area contributed by atoms with Crippen molar-refractivity contribution in [1.29, 1.82) is 0 Å². The molecule has 1 N–H and O–H groups in total. The largest absolute Gasteiger partial charge is 0.326 e. The highest BCUT2D eigenvalue weighted by atomic mass is 16.1. The highest BCUT2D eigenvalue weighted by Crippen LogP contribution is 2.29. The van der Waals surface area contributed by atoms with E-state index in [-0.39, 0.29) is 5.91 Å². The standard InChI is InChI=1S/C13H17NO/c1-10-5-7-12(8-6-10)14-13(15)9-11-3-2-4-11/h5-8,11H,2-4,9H2,1H3,(H,14,15). The van der Waals surface area contributed by atoms with Gasteiger partial charge in [0.1, 0.15) is 0 Å². The van der Waals surface area contributed by atoms with E-state index in [1.807, 2.05) is 31.2 Å². The maximum atomic E-state index is 11.6. The van der Waals surface area contributed by atoms with E-state index in [1.54, 1.807) is 0 Å². The number of carbonyl (C=O) groups excluding carboxylic acids is 1. The molecule has 0 aromatic heterocycles. The van der Waals surface area contributed by atoms with Crippen LogP contribution in [0, 0.1) is 12.8 Å². The summed E-state index contributed by atoms with van der Waals surface area (Å²) in [6.07, 6.45) is 4.43. The highest BCUT2D eigenvalue weighted by molar-refractivity contribution is 5.90. The molecule has 1 aromatic carbocycles. The molecular formula is C13H17NO. The number of carbonyl (C=O) groups is 1. The second-order valence-electron chi connectivity index (χ2n) is 4.42. The lowest BCUT2D eigenvalue weighted by Crippen LogP contribution is -2.20. The first-order chi connectivity index (χ1) is 7.24. The van der Waals surface area contributed by atoms with Crippen LogP contribution in [0.4, 0.5) is 5.69 Å². The van der Waals surface area contributed by atoms with Crippen molar-refractivity contribution in [2.24, 2.45) is 5.92 Å². The SMILES string of the molecule is Cc1ccc(NC(=O)CC2CCC2)cc1. The number of anilines is 1. The van der Waals surface area contributed by atoms with Gasteiger partial charge in [0.25, 0.3) is 0 Å². The van der Waals surface area contributed by atoms with E-state index in [0.717, 1.165) is 5.69 Å². The summed E-state index contributed by atoms with van der Waals surface area (Å²) in [7, 11) is 0. The Morgan fingerprint density at radius 2 is 2.00 bits per heavy atom. The molecule has 0 saturated heterocycles. The minimum atomic E-state index is 0.156. The van der Waals surface area contributed by atoms with E-state index >= 15 is 0 Å². The van der Waals surface area contributed by atoms with E-state index in [0.29, 0.717) is 12.3 Å². The van der Waals surface area contributed by atoms with Crippen molar-refractivity contribution >= 4 is 11.6 Å². The number of rotatable bonds is 3. The minimum absolute atomic E-state index is 0.156. The molecule has 0 heterocycles. The summed E-state index contributed by atoms with van der Waals surface area (Å²) in [5, 5.41) is 2.93. The smallest absolute Gasteiger partial charge is 0.224 e. The zero-order chi connectivity index (χ0) is 10.7. The number of hydrogen-bond acceptors (Lipinski definition) is 1. The van der Waals surface area contributed by atoms with Crippen molar-refractivity contribution in [3.8, 4) is 0 Å². The van der Waals surface area contributed by atoms with Gasteiger partial charge in [-0.25, -0.2) is 0 Å². The molecular weight excluding hydrogens is 186 g/mol. The lowest BCUT2D eigenvalue weighted by molar-refractivity contribution is -0.117. The van der Waals surface area contributed by atoms with Crippen molar-refractivity contribution in [2.75, 3.05) is 5.32 Å². The molecule has 2 rings (SSSR count). The first-order valence-electron chi connectivity index (χ1n) is 5.60. The van der Waals surface area contributed by atoms with Crippen molar-refractivity contribution in [3.63, 3.8) is 0 Å². The van der Waals surface area contributed by atoms with Gasteiger partial charge in [-0.3, -0.25) is 4.79 Å². The molecule has 2 heteroatoms. The Hall–Kier alpha value is -1.31. The first-order valence-corrected chi connectivity index (χ1v) is 5.60. The van der Waals surface area contributed by atoms with Gasteiger partial charge in [0.05, 0.1) is 0 Å². The monoisotopic (exact) mass is 203 g/mol. The van der Waals surface area contributed by atoms with Crippen molar-refractivity contribution in [2.45, 2.75) is 32.6 Å². The number of nitrogens with one attached hydrogen (secondary N) is 1. The Labute approximate surface area is 90.7 Å². The third-order valence-corrected chi connectivity index (χ3v) is 3.03. The third-order valence-electron chi connectivity index (χ3n) is 3.03. The van der Waals surface area contributed by atoms with Gasteiger partial charge in [-0.2, -0.15) is 0 Å². The molecule has 0 atom stereocenters. The maximum absolute atomic E-state index is 11.6. The lowest BCUT2D eigenvalue weighted by Gasteiger charge is -2.24. The number of aryl methyl sites for hydroxylation is 1. The molecule has 1 saturated carbocycles. The fourth-order valence-corrected chi connectivity index (χ4v) is 1.81. The van der Waals surface area contributed by atoms with Crippen molar-refractivity contribution < 1.29 is 4.79 Å². The molecule has 2 nitrogen and oxygen atoms in total. The van der Waals surface area contributed by atoms with Crippen molar-refractivity contribution in [1.82, 2.24) is 0 Å². The predicted molar refractivity (Wildman–Crippen MR) is 61.8 cm³/mol. The average Bonchev–Trinajstić information content (AvgIpc) is 2.16. The third kappa shape index (κ3) is 2.82. The van der Waals surface area contributed by atoms with Gasteiger partial charge in [-0.1, -0.05) is 24.1 Å². The molecule has 1 aliphatic carbocycles. The molecule has 1 fully saturated rings. The number of benzene rings is 1. The summed E-state index contributed by atoms with van der Waals surface area (Å²) in [5.74, 6) is 0.791. The second kappa shape index (κ2) is 4.47. The molecule has 0 unspecified atom stereocenters. The number of amides is 1. The lowest BCUT2D eigenvalue weighted by atomic mass is 9.83. The second-order valence-corrected chi connectivity index (χ2v) is 4.42. The Kier molecular flexibility index (Phi) is 3.05. The predicted octanol–water partition coefficient (Wildman–Crippen LogP) is 3.12. The van der Waals surface area contributed by atoms with Crippen LogP contribution in [0.5, 0.6) is 0 Å². The van der Waals surface area contributed by atoms with Crippen LogP contribution < -0.4 is 5.32 Å². The fourth-order valence-electron chi connectivity index (χ4n) is 1.81. The summed E-state index contributed by atoms with van der Waals surface area (Å²) in [4.78, 5) is 11.6. The molecule has 0 spiro atoms. The zero-order valence-corrected chi connectivity index (χ0v) is 9.12. The van der Waals surface area contributed by atoms with Gasteiger partial charge in [0.15, 0.2) is 0 Å². The molecule has 0 aliphatic heterocycles. The van der Waals surface area contributed by atoms with Gasteiger partial charge in [-0.15, -0.1) is 0 Å². The molecule has 1 amide bonds. The summed E-state index contributed by atoms with van der Waals surface area (Å²) in [6, 6.07) is 7.93. The molecule has 80 valence electrons. The van der Waals surface area contributed by atoms with E-state index in [4.69, 9.17) is 0 Å². The van der Waals surface area contributed by atoms with Gasteiger partial charge < -0.3 is 5.32 Å². The van der Waals surface area contributed by atoms with Crippen LogP contribution in [-0.2, 0) is 4.79 Å². The van der Waals surface area contributed by atoms with E-state index in [1.165, 1.54) is 24.8 Å². The number of hydrogen-bond donors (Lipinski definition) is 1. The molecule has 1 aliphatic rings. The van der Waals surface area contributed by atoms with E-state index in [2.05, 4.69) is 5.32 Å². The van der Waals surface area contributed by atoms with Crippen molar-refractivity contribution in [3.05, 3.63) is 29.8 Å². The van der Waals surface area contributed by atoms with E-state index in [9.17, 15) is 4.79 Å².